The van der Waals surface area contributed by atoms with Gasteiger partial charge in [-0.25, -0.2) is 4.79 Å². The highest BCUT2D eigenvalue weighted by atomic mass is 35.5. The van der Waals surface area contributed by atoms with Gasteiger partial charge in [0.1, 0.15) is 0 Å². The fourth-order valence-electron chi connectivity index (χ4n) is 3.17. The van der Waals surface area contributed by atoms with Gasteiger partial charge in [-0.1, -0.05) is 23.7 Å². The Labute approximate surface area is 151 Å². The second-order valence-corrected chi connectivity index (χ2v) is 6.55. The minimum atomic E-state index is -0.513. The number of halogens is 1. The van der Waals surface area contributed by atoms with E-state index in [9.17, 15) is 9.59 Å². The van der Waals surface area contributed by atoms with Crippen molar-refractivity contribution in [2.75, 3.05) is 20.3 Å². The van der Waals surface area contributed by atoms with Gasteiger partial charge in [-0.05, 0) is 43.5 Å². The summed E-state index contributed by atoms with van der Waals surface area (Å²) in [5.74, 6) is -0.718. The number of carbonyl (C=O) groups excluding carboxylic acids is 2. The number of benzene rings is 1. The molecule has 1 aromatic carbocycles. The topological polar surface area (TPSA) is 55.8 Å². The lowest BCUT2D eigenvalue weighted by Crippen LogP contribution is -2.33. The molecule has 0 bridgehead atoms. The van der Waals surface area contributed by atoms with E-state index in [4.69, 9.17) is 21.1 Å². The van der Waals surface area contributed by atoms with Gasteiger partial charge < -0.3 is 14.4 Å². The maximum Gasteiger partial charge on any atom is 0.340 e. The van der Waals surface area contributed by atoms with Crippen molar-refractivity contribution in [2.24, 2.45) is 0 Å². The summed E-state index contributed by atoms with van der Waals surface area (Å²) >= 11 is 5.91. The van der Waals surface area contributed by atoms with Crippen LogP contribution in [0.15, 0.2) is 41.1 Å². The fraction of sp³-hybridized carbons (Fsp3) is 0.368. The molecule has 0 aliphatic carbocycles. The van der Waals surface area contributed by atoms with E-state index in [-0.39, 0.29) is 12.0 Å². The Morgan fingerprint density at radius 2 is 2.12 bits per heavy atom. The molecule has 0 aromatic heterocycles. The van der Waals surface area contributed by atoms with Crippen LogP contribution in [0.2, 0.25) is 5.02 Å². The molecule has 25 heavy (non-hydrogen) atoms. The Bertz CT molecular complexity index is 745. The van der Waals surface area contributed by atoms with Crippen LogP contribution < -0.4 is 0 Å². The van der Waals surface area contributed by atoms with Crippen LogP contribution in [0.5, 0.6) is 0 Å². The van der Waals surface area contributed by atoms with Crippen LogP contribution >= 0.6 is 11.6 Å². The van der Waals surface area contributed by atoms with Gasteiger partial charge in [0.05, 0.1) is 30.9 Å². The minimum absolute atomic E-state index is 0.00711. The van der Waals surface area contributed by atoms with Crippen LogP contribution in [0.25, 0.3) is 6.08 Å². The number of ether oxygens (including phenoxy) is 2. The Morgan fingerprint density at radius 1 is 1.40 bits per heavy atom. The average Bonchev–Trinajstić information content (AvgIpc) is 3.19. The molecule has 2 aliphatic rings. The minimum Gasteiger partial charge on any atom is -0.465 e. The van der Waals surface area contributed by atoms with Gasteiger partial charge in [-0.3, -0.25) is 4.79 Å². The largest absolute Gasteiger partial charge is 0.465 e. The molecule has 1 fully saturated rings. The highest BCUT2D eigenvalue weighted by Crippen LogP contribution is 2.32. The van der Waals surface area contributed by atoms with Crippen LogP contribution in [0, 0.1) is 0 Å². The first-order chi connectivity index (χ1) is 12.0. The van der Waals surface area contributed by atoms with Crippen LogP contribution in [-0.4, -0.2) is 43.1 Å². The molecule has 1 aromatic rings. The summed E-state index contributed by atoms with van der Waals surface area (Å²) in [6.07, 6.45) is 3.62. The second kappa shape index (κ2) is 7.42. The number of hydrogen-bond acceptors (Lipinski definition) is 4. The van der Waals surface area contributed by atoms with E-state index in [1.165, 1.54) is 7.11 Å². The van der Waals surface area contributed by atoms with Gasteiger partial charge in [-0.2, -0.15) is 0 Å². The Balaban J connectivity index is 1.96. The summed E-state index contributed by atoms with van der Waals surface area (Å²) in [6.45, 7) is 2.93. The zero-order chi connectivity index (χ0) is 18.0. The van der Waals surface area contributed by atoms with Gasteiger partial charge in [0.15, 0.2) is 0 Å². The zero-order valence-corrected chi connectivity index (χ0v) is 15.0. The molecular weight excluding hydrogens is 342 g/mol. The molecule has 2 heterocycles. The quantitative estimate of drug-likeness (QED) is 0.610. The van der Waals surface area contributed by atoms with Crippen LogP contribution in [0.3, 0.4) is 0 Å². The van der Waals surface area contributed by atoms with Gasteiger partial charge in [0.2, 0.25) is 0 Å². The molecule has 1 atom stereocenters. The zero-order valence-electron chi connectivity index (χ0n) is 14.3. The molecule has 1 amide bonds. The van der Waals surface area contributed by atoms with Gasteiger partial charge in [-0.15, -0.1) is 0 Å². The third-order valence-electron chi connectivity index (χ3n) is 4.49. The fourth-order valence-corrected chi connectivity index (χ4v) is 3.29. The first-order valence-corrected chi connectivity index (χ1v) is 8.59. The summed E-state index contributed by atoms with van der Waals surface area (Å²) in [4.78, 5) is 26.8. The summed E-state index contributed by atoms with van der Waals surface area (Å²) in [5, 5.41) is 0.611. The van der Waals surface area contributed by atoms with Gasteiger partial charge >= 0.3 is 5.97 Å². The van der Waals surface area contributed by atoms with Crippen LogP contribution in [0.1, 0.15) is 25.3 Å². The van der Waals surface area contributed by atoms with E-state index in [1.807, 2.05) is 0 Å². The van der Waals surface area contributed by atoms with E-state index >= 15 is 0 Å². The van der Waals surface area contributed by atoms with E-state index in [1.54, 1.807) is 42.2 Å². The van der Waals surface area contributed by atoms with Crippen molar-refractivity contribution in [1.82, 2.24) is 4.90 Å². The van der Waals surface area contributed by atoms with Gasteiger partial charge in [0.25, 0.3) is 5.91 Å². The van der Waals surface area contributed by atoms with Crippen molar-refractivity contribution in [3.63, 3.8) is 0 Å². The molecule has 0 saturated carbocycles. The number of amides is 1. The van der Waals surface area contributed by atoms with Crippen molar-refractivity contribution in [3.8, 4) is 0 Å². The Hall–Kier alpha value is -2.11. The molecule has 1 saturated heterocycles. The van der Waals surface area contributed by atoms with Crippen molar-refractivity contribution >= 4 is 29.6 Å². The number of hydrogen-bond donors (Lipinski definition) is 0. The highest BCUT2D eigenvalue weighted by Gasteiger charge is 2.38. The molecule has 132 valence electrons. The standard InChI is InChI=1S/C19H20ClNO4/c1-12-17(19(23)24-2)16(10-13-5-7-14(20)8-6-13)18(22)21(12)11-15-4-3-9-25-15/h5-8,10,15H,3-4,9,11H2,1-2H3. The molecule has 6 heteroatoms. The number of rotatable bonds is 4. The van der Waals surface area contributed by atoms with Crippen molar-refractivity contribution in [1.29, 1.82) is 0 Å². The smallest absolute Gasteiger partial charge is 0.340 e. The number of allylic oxidation sites excluding steroid dienone is 1. The summed E-state index contributed by atoms with van der Waals surface area (Å²) < 4.78 is 10.5. The first-order valence-electron chi connectivity index (χ1n) is 8.21. The number of methoxy groups -OCH3 is 1. The number of carbonyl (C=O) groups is 2. The first kappa shape index (κ1) is 17.7. The second-order valence-electron chi connectivity index (χ2n) is 6.11. The van der Waals surface area contributed by atoms with E-state index in [0.29, 0.717) is 35.0 Å². The molecule has 5 nitrogen and oxygen atoms in total. The van der Waals surface area contributed by atoms with Crippen molar-refractivity contribution in [2.45, 2.75) is 25.9 Å². The summed E-state index contributed by atoms with van der Waals surface area (Å²) in [7, 11) is 1.32. The third kappa shape index (κ3) is 3.62. The average molecular weight is 362 g/mol. The summed E-state index contributed by atoms with van der Waals surface area (Å²) in [6, 6.07) is 7.09. The Morgan fingerprint density at radius 3 is 2.72 bits per heavy atom. The molecule has 1 unspecified atom stereocenters. The van der Waals surface area contributed by atoms with E-state index in [2.05, 4.69) is 0 Å². The lowest BCUT2D eigenvalue weighted by Gasteiger charge is -2.21. The molecule has 0 radical (unpaired) electrons. The SMILES string of the molecule is COC(=O)C1=C(C)N(CC2CCCO2)C(=O)C1=Cc1ccc(Cl)cc1. The van der Waals surface area contributed by atoms with Crippen LogP contribution in [0.4, 0.5) is 0 Å². The lowest BCUT2D eigenvalue weighted by molar-refractivity contribution is -0.136. The molecule has 3 rings (SSSR count). The molecule has 0 spiro atoms. The molecule has 0 N–H and O–H groups in total. The predicted octanol–water partition coefficient (Wildman–Crippen LogP) is 3.19. The highest BCUT2D eigenvalue weighted by molar-refractivity contribution is 6.30. The maximum atomic E-state index is 12.9. The van der Waals surface area contributed by atoms with E-state index in [0.717, 1.165) is 18.4 Å². The summed E-state index contributed by atoms with van der Waals surface area (Å²) in [5.41, 5.74) is 2.04. The van der Waals surface area contributed by atoms with E-state index < -0.39 is 5.97 Å². The van der Waals surface area contributed by atoms with Crippen molar-refractivity contribution in [3.05, 3.63) is 51.7 Å². The molecular formula is C19H20ClNO4. The normalized spacial score (nSPS) is 22.2. The lowest BCUT2D eigenvalue weighted by atomic mass is 10.0. The van der Waals surface area contributed by atoms with Crippen LogP contribution in [-0.2, 0) is 19.1 Å². The predicted molar refractivity (Wildman–Crippen MR) is 94.8 cm³/mol. The maximum absolute atomic E-state index is 12.9. The monoisotopic (exact) mass is 361 g/mol. The molecule has 2 aliphatic heterocycles. The van der Waals surface area contributed by atoms with Gasteiger partial charge in [0, 0.05) is 17.3 Å². The Kier molecular flexibility index (Phi) is 5.25. The third-order valence-corrected chi connectivity index (χ3v) is 4.74. The number of esters is 1. The van der Waals surface area contributed by atoms with Crippen molar-refractivity contribution < 1.29 is 19.1 Å². The number of nitrogens with zero attached hydrogens (tertiary/aromatic N) is 1.